The molecule has 0 aliphatic heterocycles. The zero-order valence-electron chi connectivity index (χ0n) is 11.5. The molecular weight excluding hydrogens is 276 g/mol. The Morgan fingerprint density at radius 1 is 1.10 bits per heavy atom. The molecule has 0 saturated carbocycles. The monoisotopic (exact) mass is 293 g/mol. The standard InChI is InChI=1S/C16H17F2NS/c1-3-19-11(2)16-14(18)5-4-6-15(16)20-13-9-7-12(17)8-10-13/h4-11,19H,3H2,1-2H3. The van der Waals surface area contributed by atoms with Crippen LogP contribution in [0.4, 0.5) is 8.78 Å². The fourth-order valence-electron chi connectivity index (χ4n) is 2.06. The Morgan fingerprint density at radius 2 is 1.80 bits per heavy atom. The highest BCUT2D eigenvalue weighted by atomic mass is 32.2. The van der Waals surface area contributed by atoms with Crippen molar-refractivity contribution in [3.05, 3.63) is 59.7 Å². The van der Waals surface area contributed by atoms with Crippen LogP contribution in [0.5, 0.6) is 0 Å². The summed E-state index contributed by atoms with van der Waals surface area (Å²) in [5.74, 6) is -0.486. The lowest BCUT2D eigenvalue weighted by Crippen LogP contribution is -2.19. The van der Waals surface area contributed by atoms with Crippen molar-refractivity contribution in [1.29, 1.82) is 0 Å². The highest BCUT2D eigenvalue weighted by Crippen LogP contribution is 2.34. The zero-order chi connectivity index (χ0) is 14.5. The third-order valence-corrected chi connectivity index (χ3v) is 4.08. The van der Waals surface area contributed by atoms with Gasteiger partial charge in [0.2, 0.25) is 0 Å². The molecule has 0 aliphatic carbocycles. The van der Waals surface area contributed by atoms with E-state index >= 15 is 0 Å². The molecule has 20 heavy (non-hydrogen) atoms. The molecule has 4 heteroatoms. The normalized spacial score (nSPS) is 12.4. The Morgan fingerprint density at radius 3 is 2.45 bits per heavy atom. The number of nitrogens with one attached hydrogen (secondary N) is 1. The molecule has 2 aromatic carbocycles. The second kappa shape index (κ2) is 6.86. The summed E-state index contributed by atoms with van der Waals surface area (Å²) in [7, 11) is 0. The van der Waals surface area contributed by atoms with Gasteiger partial charge in [0.1, 0.15) is 11.6 Å². The first-order valence-corrected chi connectivity index (χ1v) is 7.38. The molecule has 2 rings (SSSR count). The van der Waals surface area contributed by atoms with Crippen molar-refractivity contribution in [1.82, 2.24) is 5.32 Å². The van der Waals surface area contributed by atoms with E-state index < -0.39 is 0 Å². The van der Waals surface area contributed by atoms with Gasteiger partial charge in [-0.2, -0.15) is 0 Å². The van der Waals surface area contributed by atoms with Crippen LogP contribution in [0.25, 0.3) is 0 Å². The van der Waals surface area contributed by atoms with Crippen LogP contribution in [0, 0.1) is 11.6 Å². The van der Waals surface area contributed by atoms with E-state index in [4.69, 9.17) is 0 Å². The van der Waals surface area contributed by atoms with E-state index in [-0.39, 0.29) is 17.7 Å². The molecule has 0 radical (unpaired) electrons. The van der Waals surface area contributed by atoms with Crippen molar-refractivity contribution in [3.8, 4) is 0 Å². The second-order valence-corrected chi connectivity index (χ2v) is 5.60. The van der Waals surface area contributed by atoms with Gasteiger partial charge in [0, 0.05) is 21.4 Å². The molecule has 1 N–H and O–H groups in total. The van der Waals surface area contributed by atoms with Crippen LogP contribution in [0.2, 0.25) is 0 Å². The van der Waals surface area contributed by atoms with Crippen molar-refractivity contribution in [3.63, 3.8) is 0 Å². The Hall–Kier alpha value is -1.39. The molecule has 2 aromatic rings. The van der Waals surface area contributed by atoms with E-state index in [1.54, 1.807) is 18.2 Å². The Labute approximate surface area is 122 Å². The molecule has 0 aliphatic rings. The van der Waals surface area contributed by atoms with Gasteiger partial charge in [-0.25, -0.2) is 8.78 Å². The molecule has 0 bridgehead atoms. The minimum Gasteiger partial charge on any atom is -0.310 e. The maximum atomic E-state index is 14.1. The largest absolute Gasteiger partial charge is 0.310 e. The lowest BCUT2D eigenvalue weighted by atomic mass is 10.1. The molecule has 1 nitrogen and oxygen atoms in total. The first-order valence-electron chi connectivity index (χ1n) is 6.57. The molecule has 0 amide bonds. The minimum atomic E-state index is -0.269. The molecule has 1 unspecified atom stereocenters. The molecule has 0 saturated heterocycles. The van der Waals surface area contributed by atoms with Gasteiger partial charge in [0.15, 0.2) is 0 Å². The average Bonchev–Trinajstić information content (AvgIpc) is 2.42. The van der Waals surface area contributed by atoms with Crippen molar-refractivity contribution in [2.24, 2.45) is 0 Å². The van der Waals surface area contributed by atoms with Gasteiger partial charge in [-0.3, -0.25) is 0 Å². The molecule has 0 aromatic heterocycles. The predicted molar refractivity (Wildman–Crippen MR) is 79.0 cm³/mol. The summed E-state index contributed by atoms with van der Waals surface area (Å²) < 4.78 is 27.0. The van der Waals surface area contributed by atoms with Crippen LogP contribution in [0.1, 0.15) is 25.5 Å². The first kappa shape index (κ1) is 15.0. The predicted octanol–water partition coefficient (Wildman–Crippen LogP) is 4.79. The second-order valence-electron chi connectivity index (χ2n) is 4.49. The van der Waals surface area contributed by atoms with Crippen LogP contribution in [0.15, 0.2) is 52.3 Å². The van der Waals surface area contributed by atoms with Gasteiger partial charge in [-0.1, -0.05) is 24.8 Å². The van der Waals surface area contributed by atoms with E-state index in [1.807, 2.05) is 19.9 Å². The maximum absolute atomic E-state index is 14.1. The van der Waals surface area contributed by atoms with Crippen molar-refractivity contribution < 1.29 is 8.78 Å². The van der Waals surface area contributed by atoms with Gasteiger partial charge in [-0.15, -0.1) is 0 Å². The van der Waals surface area contributed by atoms with Crippen molar-refractivity contribution in [2.75, 3.05) is 6.54 Å². The summed E-state index contributed by atoms with van der Waals surface area (Å²) in [6.07, 6.45) is 0. The van der Waals surface area contributed by atoms with Gasteiger partial charge < -0.3 is 5.32 Å². The fraction of sp³-hybridized carbons (Fsp3) is 0.250. The van der Waals surface area contributed by atoms with Gasteiger partial charge in [-0.05, 0) is 49.9 Å². The molecule has 1 atom stereocenters. The zero-order valence-corrected chi connectivity index (χ0v) is 12.3. The Kier molecular flexibility index (Phi) is 5.15. The van der Waals surface area contributed by atoms with E-state index in [9.17, 15) is 8.78 Å². The first-order chi connectivity index (χ1) is 9.61. The van der Waals surface area contributed by atoms with Crippen LogP contribution in [0.3, 0.4) is 0 Å². The van der Waals surface area contributed by atoms with Gasteiger partial charge in [0.05, 0.1) is 0 Å². The van der Waals surface area contributed by atoms with E-state index in [1.165, 1.54) is 30.0 Å². The molecule has 0 heterocycles. The van der Waals surface area contributed by atoms with E-state index in [0.29, 0.717) is 5.56 Å². The molecule has 106 valence electrons. The lowest BCUT2D eigenvalue weighted by Gasteiger charge is -2.17. The smallest absolute Gasteiger partial charge is 0.129 e. The van der Waals surface area contributed by atoms with Gasteiger partial charge in [0.25, 0.3) is 0 Å². The number of rotatable bonds is 5. The molecule has 0 fully saturated rings. The molecule has 0 spiro atoms. The number of hydrogen-bond donors (Lipinski definition) is 1. The van der Waals surface area contributed by atoms with Crippen LogP contribution in [-0.2, 0) is 0 Å². The highest BCUT2D eigenvalue weighted by Gasteiger charge is 2.15. The van der Waals surface area contributed by atoms with Crippen molar-refractivity contribution in [2.45, 2.75) is 29.7 Å². The fourth-order valence-corrected chi connectivity index (χ4v) is 3.12. The minimum absolute atomic E-state index is 0.0656. The Bertz CT molecular complexity index is 569. The summed E-state index contributed by atoms with van der Waals surface area (Å²) >= 11 is 1.44. The van der Waals surface area contributed by atoms with Crippen molar-refractivity contribution >= 4 is 11.8 Å². The summed E-state index contributed by atoms with van der Waals surface area (Å²) in [5, 5.41) is 3.22. The van der Waals surface area contributed by atoms with Crippen LogP contribution < -0.4 is 5.32 Å². The van der Waals surface area contributed by atoms with Crippen LogP contribution >= 0.6 is 11.8 Å². The van der Waals surface area contributed by atoms with E-state index in [0.717, 1.165) is 16.3 Å². The summed E-state index contributed by atoms with van der Waals surface area (Å²) in [4.78, 5) is 1.74. The number of halogens is 2. The number of hydrogen-bond acceptors (Lipinski definition) is 2. The SMILES string of the molecule is CCNC(C)c1c(F)cccc1Sc1ccc(F)cc1. The summed E-state index contributed by atoms with van der Waals surface area (Å²) in [5.41, 5.74) is 0.656. The quantitative estimate of drug-likeness (QED) is 0.851. The number of benzene rings is 2. The topological polar surface area (TPSA) is 12.0 Å². The summed E-state index contributed by atoms with van der Waals surface area (Å²) in [6, 6.07) is 11.2. The average molecular weight is 293 g/mol. The highest BCUT2D eigenvalue weighted by molar-refractivity contribution is 7.99. The van der Waals surface area contributed by atoms with Gasteiger partial charge >= 0.3 is 0 Å². The Balaban J connectivity index is 2.31. The van der Waals surface area contributed by atoms with Crippen LogP contribution in [-0.4, -0.2) is 6.54 Å². The lowest BCUT2D eigenvalue weighted by molar-refractivity contribution is 0.531. The molecular formula is C16H17F2NS. The maximum Gasteiger partial charge on any atom is 0.129 e. The summed E-state index contributed by atoms with van der Waals surface area (Å²) in [6.45, 7) is 4.71. The third-order valence-electron chi connectivity index (χ3n) is 3.00. The third kappa shape index (κ3) is 3.58. The van der Waals surface area contributed by atoms with E-state index in [2.05, 4.69) is 5.32 Å².